The average Bonchev–Trinajstić information content (AvgIpc) is 3.19. The van der Waals surface area contributed by atoms with Crippen LogP contribution in [-0.4, -0.2) is 29.3 Å². The predicted octanol–water partition coefficient (Wildman–Crippen LogP) is 4.00. The molecule has 1 aliphatic heterocycles. The van der Waals surface area contributed by atoms with Crippen molar-refractivity contribution in [3.8, 4) is 11.4 Å². The van der Waals surface area contributed by atoms with E-state index >= 15 is 0 Å². The summed E-state index contributed by atoms with van der Waals surface area (Å²) < 4.78 is 62.0. The van der Waals surface area contributed by atoms with E-state index in [2.05, 4.69) is 14.7 Å². The molecule has 1 amide bonds. The molecule has 2 heterocycles. The lowest BCUT2D eigenvalue weighted by molar-refractivity contribution is -0.159. The Labute approximate surface area is 161 Å². The fourth-order valence-electron chi connectivity index (χ4n) is 3.10. The number of aromatic nitrogens is 2. The van der Waals surface area contributed by atoms with Crippen LogP contribution in [-0.2, 0) is 15.7 Å². The van der Waals surface area contributed by atoms with Crippen LogP contribution in [0.2, 0.25) is 0 Å². The second-order valence-corrected chi connectivity index (χ2v) is 6.29. The molecule has 1 fully saturated rings. The van der Waals surface area contributed by atoms with Gasteiger partial charge in [-0.25, -0.2) is 4.39 Å². The van der Waals surface area contributed by atoms with Gasteiger partial charge in [0.25, 0.3) is 5.91 Å². The van der Waals surface area contributed by atoms with Gasteiger partial charge in [-0.1, -0.05) is 35.5 Å². The van der Waals surface area contributed by atoms with Gasteiger partial charge >= 0.3 is 12.1 Å². The molecular formula is C19H13F4N3O3. The Morgan fingerprint density at radius 2 is 1.86 bits per heavy atom. The normalized spacial score (nSPS) is 17.6. The number of alkyl halides is 3. The number of carbonyl (C=O) groups excluding carboxylic acids is 1. The Kier molecular flexibility index (Phi) is 4.79. The summed E-state index contributed by atoms with van der Waals surface area (Å²) in [6.45, 7) is 0.0609. The molecule has 0 bridgehead atoms. The largest absolute Gasteiger partial charge is 0.471 e. The van der Waals surface area contributed by atoms with Crippen LogP contribution in [0.25, 0.3) is 11.4 Å². The van der Waals surface area contributed by atoms with Crippen molar-refractivity contribution >= 4 is 11.6 Å². The highest BCUT2D eigenvalue weighted by Crippen LogP contribution is 2.34. The lowest BCUT2D eigenvalue weighted by Gasteiger charge is -2.36. The predicted molar refractivity (Wildman–Crippen MR) is 92.2 cm³/mol. The van der Waals surface area contributed by atoms with E-state index in [0.717, 1.165) is 11.6 Å². The first kappa shape index (κ1) is 19.1. The highest BCUT2D eigenvalue weighted by Gasteiger charge is 2.39. The van der Waals surface area contributed by atoms with Gasteiger partial charge in [-0.3, -0.25) is 4.79 Å². The van der Waals surface area contributed by atoms with Crippen molar-refractivity contribution < 1.29 is 31.6 Å². The minimum atomic E-state index is -4.83. The number of halogens is 4. The number of hydrogen-bond donors (Lipinski definition) is 0. The summed E-state index contributed by atoms with van der Waals surface area (Å²) in [7, 11) is 0. The average molecular weight is 407 g/mol. The third kappa shape index (κ3) is 3.70. The van der Waals surface area contributed by atoms with Crippen molar-refractivity contribution in [1.82, 2.24) is 10.1 Å². The van der Waals surface area contributed by atoms with Crippen molar-refractivity contribution in [2.45, 2.75) is 12.2 Å². The van der Waals surface area contributed by atoms with Crippen LogP contribution in [0.15, 0.2) is 53.1 Å². The Morgan fingerprint density at radius 3 is 2.52 bits per heavy atom. The summed E-state index contributed by atoms with van der Waals surface area (Å²) >= 11 is 0. The maximum absolute atomic E-state index is 14.7. The van der Waals surface area contributed by atoms with Gasteiger partial charge in [0.05, 0.1) is 18.2 Å². The van der Waals surface area contributed by atoms with Crippen LogP contribution < -0.4 is 4.90 Å². The van der Waals surface area contributed by atoms with Crippen LogP contribution in [0.5, 0.6) is 0 Å². The number of anilines is 1. The van der Waals surface area contributed by atoms with Crippen molar-refractivity contribution in [2.75, 3.05) is 18.1 Å². The molecule has 6 nitrogen and oxygen atoms in total. The van der Waals surface area contributed by atoms with Gasteiger partial charge in [-0.15, -0.1) is 0 Å². The molecule has 0 aliphatic carbocycles. The molecule has 2 aromatic carbocycles. The molecule has 4 rings (SSSR count). The van der Waals surface area contributed by atoms with E-state index in [-0.39, 0.29) is 30.4 Å². The molecule has 1 atom stereocenters. The molecule has 3 aromatic rings. The zero-order chi connectivity index (χ0) is 20.6. The summed E-state index contributed by atoms with van der Waals surface area (Å²) in [5.74, 6) is -3.35. The minimum Gasteiger partial charge on any atom is -0.369 e. The van der Waals surface area contributed by atoms with Crippen LogP contribution in [0, 0.1) is 5.82 Å². The molecule has 0 N–H and O–H groups in total. The molecule has 1 aliphatic rings. The van der Waals surface area contributed by atoms with Gasteiger partial charge < -0.3 is 14.2 Å². The second kappa shape index (κ2) is 7.28. The Balaban J connectivity index is 1.69. The first-order valence-electron chi connectivity index (χ1n) is 8.50. The van der Waals surface area contributed by atoms with E-state index in [9.17, 15) is 22.4 Å². The number of rotatable bonds is 3. The Hall–Kier alpha value is -3.27. The number of amides is 1. The molecule has 10 heteroatoms. The number of benzene rings is 2. The second-order valence-electron chi connectivity index (χ2n) is 6.29. The molecule has 0 radical (unpaired) electrons. The number of morpholine rings is 1. The van der Waals surface area contributed by atoms with Gasteiger partial charge in [0.2, 0.25) is 5.82 Å². The molecular weight excluding hydrogens is 394 g/mol. The SMILES string of the molecule is O=C1COCC(c2ccccc2)N1c1ccc(-c2noc(C(F)(F)F)n2)c(F)c1. The molecule has 1 aromatic heterocycles. The van der Waals surface area contributed by atoms with E-state index in [1.54, 1.807) is 0 Å². The summed E-state index contributed by atoms with van der Waals surface area (Å²) in [5, 5.41) is 3.19. The molecule has 150 valence electrons. The fourth-order valence-corrected chi connectivity index (χ4v) is 3.10. The number of nitrogens with zero attached hydrogens (tertiary/aromatic N) is 3. The zero-order valence-corrected chi connectivity index (χ0v) is 14.7. The van der Waals surface area contributed by atoms with Gasteiger partial charge in [0, 0.05) is 5.69 Å². The van der Waals surface area contributed by atoms with E-state index < -0.39 is 29.8 Å². The standard InChI is InChI=1S/C19H13F4N3O3/c20-14-8-12(6-7-13(14)17-24-18(29-25-17)19(21,22)23)26-15(9-28-10-16(26)27)11-4-2-1-3-5-11/h1-8,15H,9-10H2. The van der Waals surface area contributed by atoms with E-state index in [1.165, 1.54) is 17.0 Å². The van der Waals surface area contributed by atoms with Crippen molar-refractivity contribution in [1.29, 1.82) is 0 Å². The van der Waals surface area contributed by atoms with Crippen LogP contribution in [0.1, 0.15) is 17.5 Å². The Morgan fingerprint density at radius 1 is 1.10 bits per heavy atom. The maximum atomic E-state index is 14.7. The van der Waals surface area contributed by atoms with Crippen molar-refractivity contribution in [2.24, 2.45) is 0 Å². The number of carbonyl (C=O) groups is 1. The third-order valence-electron chi connectivity index (χ3n) is 4.41. The molecule has 0 spiro atoms. The van der Waals surface area contributed by atoms with Gasteiger partial charge in [-0.05, 0) is 23.8 Å². The summed E-state index contributed by atoms with van der Waals surface area (Å²) in [5.41, 5.74) is 0.774. The van der Waals surface area contributed by atoms with Crippen molar-refractivity contribution in [3.63, 3.8) is 0 Å². The highest BCUT2D eigenvalue weighted by molar-refractivity contribution is 5.96. The van der Waals surface area contributed by atoms with E-state index in [0.29, 0.717) is 0 Å². The van der Waals surface area contributed by atoms with Crippen molar-refractivity contribution in [3.05, 3.63) is 65.8 Å². The molecule has 1 unspecified atom stereocenters. The lowest BCUT2D eigenvalue weighted by Crippen LogP contribution is -2.44. The summed E-state index contributed by atoms with van der Waals surface area (Å²) in [6.07, 6.45) is -4.83. The number of ether oxygens (including phenoxy) is 1. The topological polar surface area (TPSA) is 68.5 Å². The third-order valence-corrected chi connectivity index (χ3v) is 4.41. The highest BCUT2D eigenvalue weighted by atomic mass is 19.4. The monoisotopic (exact) mass is 407 g/mol. The van der Waals surface area contributed by atoms with Gasteiger partial charge in [0.1, 0.15) is 12.4 Å². The number of hydrogen-bond acceptors (Lipinski definition) is 5. The first-order valence-corrected chi connectivity index (χ1v) is 8.50. The van der Waals surface area contributed by atoms with E-state index in [4.69, 9.17) is 4.74 Å². The van der Waals surface area contributed by atoms with E-state index in [1.807, 2.05) is 30.3 Å². The van der Waals surface area contributed by atoms with Crippen LogP contribution in [0.4, 0.5) is 23.2 Å². The maximum Gasteiger partial charge on any atom is 0.471 e. The van der Waals surface area contributed by atoms with Gasteiger partial charge in [0.15, 0.2) is 0 Å². The zero-order valence-electron chi connectivity index (χ0n) is 14.7. The minimum absolute atomic E-state index is 0.160. The van der Waals surface area contributed by atoms with Gasteiger partial charge in [-0.2, -0.15) is 18.2 Å². The molecule has 0 saturated carbocycles. The smallest absolute Gasteiger partial charge is 0.369 e. The van der Waals surface area contributed by atoms with Crippen LogP contribution in [0.3, 0.4) is 0 Å². The quantitative estimate of drug-likeness (QED) is 0.614. The fraction of sp³-hybridized carbons (Fsp3) is 0.211. The lowest BCUT2D eigenvalue weighted by atomic mass is 10.0. The molecule has 29 heavy (non-hydrogen) atoms. The molecule has 1 saturated heterocycles. The summed E-state index contributed by atoms with van der Waals surface area (Å²) in [6, 6.07) is 12.3. The summed E-state index contributed by atoms with van der Waals surface area (Å²) in [4.78, 5) is 17.1. The Bertz CT molecular complexity index is 1040. The first-order chi connectivity index (χ1) is 13.8. The van der Waals surface area contributed by atoms with Crippen LogP contribution >= 0.6 is 0 Å².